The smallest absolute Gasteiger partial charge is 0.163 e. The van der Waals surface area contributed by atoms with Gasteiger partial charge in [-0.25, -0.2) is 8.78 Å². The third-order valence-corrected chi connectivity index (χ3v) is 3.14. The van der Waals surface area contributed by atoms with Crippen LogP contribution in [0.1, 0.15) is 19.4 Å². The standard InChI is InChI=1S/C13H17F2NO/c1-9-8-17-10(2)6-16(9)7-11-4-3-5-12(14)13(11)15/h3-5,9-10H,6-8H2,1-2H3. The maximum Gasteiger partial charge on any atom is 0.163 e. The van der Waals surface area contributed by atoms with Crippen molar-refractivity contribution in [3.8, 4) is 0 Å². The van der Waals surface area contributed by atoms with Gasteiger partial charge >= 0.3 is 0 Å². The second-order valence-electron chi connectivity index (χ2n) is 4.64. The van der Waals surface area contributed by atoms with Crippen molar-refractivity contribution >= 4 is 0 Å². The minimum absolute atomic E-state index is 0.142. The third kappa shape index (κ3) is 2.82. The molecule has 0 aromatic heterocycles. The molecule has 1 heterocycles. The molecule has 0 N–H and O–H groups in total. The molecule has 1 aromatic rings. The van der Waals surface area contributed by atoms with Crippen LogP contribution >= 0.6 is 0 Å². The minimum Gasteiger partial charge on any atom is -0.376 e. The Balaban J connectivity index is 2.11. The van der Waals surface area contributed by atoms with Crippen molar-refractivity contribution in [3.63, 3.8) is 0 Å². The molecular formula is C13H17F2NO. The zero-order valence-corrected chi connectivity index (χ0v) is 10.1. The second-order valence-corrected chi connectivity index (χ2v) is 4.64. The van der Waals surface area contributed by atoms with Gasteiger partial charge in [0.1, 0.15) is 0 Å². The Kier molecular flexibility index (Phi) is 3.74. The quantitative estimate of drug-likeness (QED) is 0.789. The number of rotatable bonds is 2. The minimum atomic E-state index is -0.781. The van der Waals surface area contributed by atoms with E-state index in [1.165, 1.54) is 0 Å². The lowest BCUT2D eigenvalue weighted by Crippen LogP contribution is -2.46. The SMILES string of the molecule is CC1CN(Cc2cccc(F)c2F)C(C)CO1. The number of benzene rings is 1. The molecule has 2 atom stereocenters. The van der Waals surface area contributed by atoms with Crippen LogP contribution in [0.5, 0.6) is 0 Å². The molecule has 1 saturated heterocycles. The highest BCUT2D eigenvalue weighted by molar-refractivity contribution is 5.19. The summed E-state index contributed by atoms with van der Waals surface area (Å²) in [4.78, 5) is 2.12. The zero-order valence-electron chi connectivity index (χ0n) is 10.1. The molecule has 1 aliphatic heterocycles. The van der Waals surface area contributed by atoms with Gasteiger partial charge in [-0.1, -0.05) is 12.1 Å². The Bertz CT molecular complexity index is 397. The maximum atomic E-state index is 13.5. The molecule has 0 aliphatic carbocycles. The molecule has 1 aliphatic rings. The molecule has 1 fully saturated rings. The first-order valence-electron chi connectivity index (χ1n) is 5.86. The van der Waals surface area contributed by atoms with E-state index in [9.17, 15) is 8.78 Å². The fraction of sp³-hybridized carbons (Fsp3) is 0.538. The number of nitrogens with zero attached hydrogens (tertiary/aromatic N) is 1. The van der Waals surface area contributed by atoms with Gasteiger partial charge in [0.2, 0.25) is 0 Å². The Labute approximate surface area is 100 Å². The van der Waals surface area contributed by atoms with E-state index in [0.717, 1.165) is 12.6 Å². The highest BCUT2D eigenvalue weighted by Crippen LogP contribution is 2.18. The molecule has 17 heavy (non-hydrogen) atoms. The monoisotopic (exact) mass is 241 g/mol. The first-order chi connectivity index (χ1) is 8.08. The van der Waals surface area contributed by atoms with E-state index in [1.54, 1.807) is 12.1 Å². The van der Waals surface area contributed by atoms with Gasteiger partial charge in [-0.2, -0.15) is 0 Å². The van der Waals surface area contributed by atoms with Gasteiger partial charge in [-0.15, -0.1) is 0 Å². The second kappa shape index (κ2) is 5.10. The van der Waals surface area contributed by atoms with E-state index in [2.05, 4.69) is 4.90 Å². The predicted octanol–water partition coefficient (Wildman–Crippen LogP) is 2.57. The Morgan fingerprint density at radius 3 is 2.88 bits per heavy atom. The van der Waals surface area contributed by atoms with Crippen molar-refractivity contribution in [1.29, 1.82) is 0 Å². The van der Waals surface area contributed by atoms with Crippen molar-refractivity contribution < 1.29 is 13.5 Å². The van der Waals surface area contributed by atoms with E-state index in [1.807, 2.05) is 13.8 Å². The van der Waals surface area contributed by atoms with Crippen molar-refractivity contribution in [2.24, 2.45) is 0 Å². The fourth-order valence-electron chi connectivity index (χ4n) is 2.08. The van der Waals surface area contributed by atoms with Crippen LogP contribution in [0.4, 0.5) is 8.78 Å². The lowest BCUT2D eigenvalue weighted by molar-refractivity contribution is -0.0530. The molecule has 2 unspecified atom stereocenters. The largest absolute Gasteiger partial charge is 0.376 e. The molecule has 1 aromatic carbocycles. The van der Waals surface area contributed by atoms with Crippen LogP contribution in [-0.2, 0) is 11.3 Å². The average Bonchev–Trinajstić information content (AvgIpc) is 2.30. The first-order valence-corrected chi connectivity index (χ1v) is 5.86. The Morgan fingerprint density at radius 1 is 1.35 bits per heavy atom. The van der Waals surface area contributed by atoms with E-state index >= 15 is 0 Å². The van der Waals surface area contributed by atoms with Crippen LogP contribution in [0.25, 0.3) is 0 Å². The topological polar surface area (TPSA) is 12.5 Å². The molecule has 4 heteroatoms. The number of hydrogen-bond acceptors (Lipinski definition) is 2. The molecule has 2 nitrogen and oxygen atoms in total. The van der Waals surface area contributed by atoms with Gasteiger partial charge in [0, 0.05) is 24.7 Å². The molecule has 0 spiro atoms. The molecule has 0 bridgehead atoms. The summed E-state index contributed by atoms with van der Waals surface area (Å²) < 4.78 is 32.1. The van der Waals surface area contributed by atoms with Gasteiger partial charge in [0.15, 0.2) is 11.6 Å². The highest BCUT2D eigenvalue weighted by Gasteiger charge is 2.24. The predicted molar refractivity (Wildman–Crippen MR) is 61.6 cm³/mol. The normalized spacial score (nSPS) is 26.1. The van der Waals surface area contributed by atoms with E-state index in [-0.39, 0.29) is 12.1 Å². The average molecular weight is 241 g/mol. The highest BCUT2D eigenvalue weighted by atomic mass is 19.2. The molecule has 0 amide bonds. The van der Waals surface area contributed by atoms with Gasteiger partial charge in [-0.3, -0.25) is 4.90 Å². The fourth-order valence-corrected chi connectivity index (χ4v) is 2.08. The van der Waals surface area contributed by atoms with Crippen molar-refractivity contribution in [3.05, 3.63) is 35.4 Å². The van der Waals surface area contributed by atoms with Gasteiger partial charge in [-0.05, 0) is 19.9 Å². The zero-order chi connectivity index (χ0) is 12.4. The molecule has 2 rings (SSSR count). The van der Waals surface area contributed by atoms with Crippen LogP contribution in [0.3, 0.4) is 0 Å². The Morgan fingerprint density at radius 2 is 2.12 bits per heavy atom. The van der Waals surface area contributed by atoms with Crippen molar-refractivity contribution in [1.82, 2.24) is 4.90 Å². The first kappa shape index (κ1) is 12.5. The summed E-state index contributed by atoms with van der Waals surface area (Å²) >= 11 is 0. The third-order valence-electron chi connectivity index (χ3n) is 3.14. The summed E-state index contributed by atoms with van der Waals surface area (Å²) in [6.45, 7) is 5.83. The lowest BCUT2D eigenvalue weighted by atomic mass is 10.1. The van der Waals surface area contributed by atoms with Crippen molar-refractivity contribution in [2.45, 2.75) is 32.5 Å². The van der Waals surface area contributed by atoms with Crippen LogP contribution in [0, 0.1) is 11.6 Å². The van der Waals surface area contributed by atoms with Crippen LogP contribution in [0.15, 0.2) is 18.2 Å². The van der Waals surface area contributed by atoms with Crippen LogP contribution < -0.4 is 0 Å². The summed E-state index contributed by atoms with van der Waals surface area (Å²) in [6, 6.07) is 4.55. The number of hydrogen-bond donors (Lipinski definition) is 0. The van der Waals surface area contributed by atoms with E-state index in [4.69, 9.17) is 4.74 Å². The van der Waals surface area contributed by atoms with E-state index < -0.39 is 11.6 Å². The summed E-state index contributed by atoms with van der Waals surface area (Å²) in [5, 5.41) is 0. The summed E-state index contributed by atoms with van der Waals surface area (Å²) in [7, 11) is 0. The molecular weight excluding hydrogens is 224 g/mol. The maximum absolute atomic E-state index is 13.5. The Hall–Kier alpha value is -1.00. The number of ether oxygens (including phenoxy) is 1. The van der Waals surface area contributed by atoms with Gasteiger partial charge < -0.3 is 4.74 Å². The lowest BCUT2D eigenvalue weighted by Gasteiger charge is -2.36. The van der Waals surface area contributed by atoms with Gasteiger partial charge in [0.05, 0.1) is 12.7 Å². The number of morpholine rings is 1. The van der Waals surface area contributed by atoms with Crippen LogP contribution in [-0.4, -0.2) is 30.2 Å². The summed E-state index contributed by atoms with van der Waals surface area (Å²) in [6.07, 6.45) is 0.142. The summed E-state index contributed by atoms with van der Waals surface area (Å²) in [5.74, 6) is -1.52. The van der Waals surface area contributed by atoms with Gasteiger partial charge in [0.25, 0.3) is 0 Å². The molecule has 94 valence electrons. The summed E-state index contributed by atoms with van der Waals surface area (Å²) in [5.41, 5.74) is 0.408. The van der Waals surface area contributed by atoms with Crippen molar-refractivity contribution in [2.75, 3.05) is 13.2 Å². The van der Waals surface area contributed by atoms with Crippen LogP contribution in [0.2, 0.25) is 0 Å². The molecule has 0 saturated carbocycles. The van der Waals surface area contributed by atoms with E-state index in [0.29, 0.717) is 18.7 Å². The molecule has 0 radical (unpaired) electrons. The number of halogens is 2.